The normalized spacial score (nSPS) is 11.1. The number of halogens is 1. The van der Waals surface area contributed by atoms with Crippen molar-refractivity contribution in [3.8, 4) is 11.8 Å². The molecule has 3 aromatic rings. The van der Waals surface area contributed by atoms with Crippen LogP contribution >= 0.6 is 11.6 Å². The van der Waals surface area contributed by atoms with Crippen LogP contribution in [0.3, 0.4) is 0 Å². The predicted octanol–water partition coefficient (Wildman–Crippen LogP) is 2.53. The number of carbonyl (C=O) groups excluding carboxylic acids is 1. The second-order valence-corrected chi connectivity index (χ2v) is 8.15. The molecule has 0 aliphatic rings. The maximum Gasteiger partial charge on any atom is 0.240 e. The number of amides is 1. The number of hydrogen-bond acceptors (Lipinski definition) is 5. The van der Waals surface area contributed by atoms with Crippen molar-refractivity contribution in [2.75, 3.05) is 5.32 Å². The van der Waals surface area contributed by atoms with Crippen LogP contribution in [0.5, 0.6) is 0 Å². The molecule has 0 spiro atoms. The van der Waals surface area contributed by atoms with Crippen LogP contribution in [0.1, 0.15) is 16.8 Å². The van der Waals surface area contributed by atoms with Crippen LogP contribution in [-0.4, -0.2) is 24.1 Å². The first kappa shape index (κ1) is 20.5. The molecule has 3 N–H and O–H groups in total. The van der Waals surface area contributed by atoms with Crippen molar-refractivity contribution in [1.82, 2.24) is 9.78 Å². The van der Waals surface area contributed by atoms with Crippen molar-refractivity contribution in [1.29, 1.82) is 5.26 Å². The summed E-state index contributed by atoms with van der Waals surface area (Å²) in [6.07, 6.45) is 1.36. The second kappa shape index (κ2) is 8.05. The third kappa shape index (κ3) is 4.46. The van der Waals surface area contributed by atoms with Gasteiger partial charge in [-0.2, -0.15) is 10.4 Å². The molecule has 0 aliphatic heterocycles. The molecule has 0 unspecified atom stereocenters. The molecular weight excluding hydrogens is 414 g/mol. The Balaban J connectivity index is 1.94. The zero-order valence-corrected chi connectivity index (χ0v) is 16.8. The van der Waals surface area contributed by atoms with E-state index in [0.29, 0.717) is 21.8 Å². The van der Waals surface area contributed by atoms with Crippen molar-refractivity contribution in [2.45, 2.75) is 18.2 Å². The van der Waals surface area contributed by atoms with Gasteiger partial charge < -0.3 is 5.32 Å². The Bertz CT molecular complexity index is 1240. The Morgan fingerprint density at radius 3 is 2.66 bits per heavy atom. The number of nitrogens with two attached hydrogens (primary N) is 1. The fourth-order valence-electron chi connectivity index (χ4n) is 2.78. The quantitative estimate of drug-likeness (QED) is 0.643. The van der Waals surface area contributed by atoms with Crippen LogP contribution in [0, 0.1) is 18.3 Å². The molecule has 0 saturated heterocycles. The van der Waals surface area contributed by atoms with Gasteiger partial charge in [-0.3, -0.25) is 4.79 Å². The molecule has 3 rings (SSSR count). The lowest BCUT2D eigenvalue weighted by molar-refractivity contribution is -0.115. The van der Waals surface area contributed by atoms with Crippen molar-refractivity contribution < 1.29 is 13.2 Å². The first-order valence-corrected chi connectivity index (χ1v) is 10.3. The molecule has 29 heavy (non-hydrogen) atoms. The van der Waals surface area contributed by atoms with Crippen molar-refractivity contribution in [2.24, 2.45) is 5.14 Å². The van der Waals surface area contributed by atoms with E-state index >= 15 is 0 Å². The maximum atomic E-state index is 12.3. The molecule has 0 atom stereocenters. The van der Waals surface area contributed by atoms with Crippen LogP contribution in [-0.2, 0) is 21.2 Å². The Morgan fingerprint density at radius 1 is 1.31 bits per heavy atom. The molecule has 2 aromatic carbocycles. The van der Waals surface area contributed by atoms with Crippen molar-refractivity contribution in [3.63, 3.8) is 0 Å². The van der Waals surface area contributed by atoms with E-state index in [1.54, 1.807) is 31.2 Å². The van der Waals surface area contributed by atoms with E-state index in [4.69, 9.17) is 22.0 Å². The molecule has 1 amide bonds. The second-order valence-electron chi connectivity index (χ2n) is 6.21. The van der Waals surface area contributed by atoms with E-state index in [1.807, 2.05) is 6.07 Å². The van der Waals surface area contributed by atoms with Crippen molar-refractivity contribution in [3.05, 3.63) is 70.5 Å². The fraction of sp³-hybridized carbons (Fsp3) is 0.105. The van der Waals surface area contributed by atoms with E-state index in [0.717, 1.165) is 0 Å². The van der Waals surface area contributed by atoms with Gasteiger partial charge in [0.15, 0.2) is 0 Å². The number of benzene rings is 2. The number of rotatable bonds is 5. The summed E-state index contributed by atoms with van der Waals surface area (Å²) in [5.74, 6) is -0.367. The standard InChI is InChI=1S/C19H16ClN5O3S/c1-12-14(10-21)11-23-25(12)17-7-6-15(9-18(17)29(22,27)28)24-19(26)8-13-4-2-3-5-16(13)20/h2-7,9,11H,8H2,1H3,(H,24,26)(H2,22,27,28). The summed E-state index contributed by atoms with van der Waals surface area (Å²) in [4.78, 5) is 12.1. The largest absolute Gasteiger partial charge is 0.326 e. The molecule has 10 heteroatoms. The number of nitrogens with one attached hydrogen (secondary N) is 1. The molecule has 0 bridgehead atoms. The van der Waals surface area contributed by atoms with E-state index in [2.05, 4.69) is 10.4 Å². The Labute approximate surface area is 172 Å². The Morgan fingerprint density at radius 2 is 2.03 bits per heavy atom. The zero-order valence-electron chi connectivity index (χ0n) is 15.3. The minimum absolute atomic E-state index is 0.0237. The first-order valence-electron chi connectivity index (χ1n) is 8.36. The number of anilines is 1. The minimum Gasteiger partial charge on any atom is -0.326 e. The van der Waals surface area contributed by atoms with Gasteiger partial charge in [0.25, 0.3) is 0 Å². The number of sulfonamides is 1. The van der Waals surface area contributed by atoms with Crippen LogP contribution < -0.4 is 10.5 Å². The minimum atomic E-state index is -4.14. The van der Waals surface area contributed by atoms with Crippen LogP contribution in [0.4, 0.5) is 5.69 Å². The van der Waals surface area contributed by atoms with E-state index in [1.165, 1.54) is 29.1 Å². The third-order valence-electron chi connectivity index (χ3n) is 4.22. The smallest absolute Gasteiger partial charge is 0.240 e. The van der Waals surface area contributed by atoms with Gasteiger partial charge in [-0.15, -0.1) is 0 Å². The molecule has 148 valence electrons. The average Bonchev–Trinajstić information content (AvgIpc) is 3.03. The summed E-state index contributed by atoms with van der Waals surface area (Å²) in [7, 11) is -4.14. The van der Waals surface area contributed by atoms with E-state index in [9.17, 15) is 13.2 Å². The molecule has 8 nitrogen and oxygen atoms in total. The van der Waals surface area contributed by atoms with Gasteiger partial charge in [-0.05, 0) is 36.8 Å². The highest BCUT2D eigenvalue weighted by molar-refractivity contribution is 7.89. The molecule has 0 fully saturated rings. The summed E-state index contributed by atoms with van der Waals surface area (Å²) >= 11 is 6.07. The molecule has 1 aromatic heterocycles. The third-order valence-corrected chi connectivity index (χ3v) is 5.53. The number of carbonyl (C=O) groups is 1. The number of hydrogen-bond donors (Lipinski definition) is 2. The van der Waals surface area contributed by atoms with Crippen molar-refractivity contribution >= 4 is 33.2 Å². The Kier molecular flexibility index (Phi) is 5.70. The molecule has 0 saturated carbocycles. The SMILES string of the molecule is Cc1c(C#N)cnn1-c1ccc(NC(=O)Cc2ccccc2Cl)cc1S(N)(=O)=O. The molecule has 0 radical (unpaired) electrons. The number of nitriles is 1. The Hall–Kier alpha value is -3.19. The van der Waals surface area contributed by atoms with Gasteiger partial charge in [-0.25, -0.2) is 18.2 Å². The summed E-state index contributed by atoms with van der Waals surface area (Å²) in [5.41, 5.74) is 1.84. The summed E-state index contributed by atoms with van der Waals surface area (Å²) in [5, 5.41) is 21.6. The highest BCUT2D eigenvalue weighted by atomic mass is 35.5. The van der Waals surface area contributed by atoms with Gasteiger partial charge in [-0.1, -0.05) is 29.8 Å². The summed E-state index contributed by atoms with van der Waals surface area (Å²) in [6.45, 7) is 1.64. The fourth-order valence-corrected chi connectivity index (χ4v) is 3.72. The van der Waals surface area contributed by atoms with Gasteiger partial charge in [0.2, 0.25) is 15.9 Å². The molecule has 1 heterocycles. The van der Waals surface area contributed by atoms with Gasteiger partial charge in [0, 0.05) is 10.7 Å². The molecule has 0 aliphatic carbocycles. The van der Waals surface area contributed by atoms with Gasteiger partial charge in [0.1, 0.15) is 11.0 Å². The maximum absolute atomic E-state index is 12.3. The first-order chi connectivity index (χ1) is 13.7. The lowest BCUT2D eigenvalue weighted by Gasteiger charge is -2.13. The summed E-state index contributed by atoms with van der Waals surface area (Å²) < 4.78 is 25.6. The number of aromatic nitrogens is 2. The lowest BCUT2D eigenvalue weighted by atomic mass is 10.1. The van der Waals surface area contributed by atoms with Crippen LogP contribution in [0.25, 0.3) is 5.69 Å². The highest BCUT2D eigenvalue weighted by Crippen LogP contribution is 2.25. The monoisotopic (exact) mass is 429 g/mol. The van der Waals surface area contributed by atoms with Gasteiger partial charge >= 0.3 is 0 Å². The zero-order chi connectivity index (χ0) is 21.2. The predicted molar refractivity (Wildman–Crippen MR) is 108 cm³/mol. The number of primary sulfonamides is 1. The highest BCUT2D eigenvalue weighted by Gasteiger charge is 2.20. The lowest BCUT2D eigenvalue weighted by Crippen LogP contribution is -2.18. The van der Waals surface area contributed by atoms with E-state index in [-0.39, 0.29) is 28.6 Å². The number of nitrogens with zero attached hydrogens (tertiary/aromatic N) is 3. The van der Waals surface area contributed by atoms with E-state index < -0.39 is 10.0 Å². The average molecular weight is 430 g/mol. The topological polar surface area (TPSA) is 131 Å². The molecular formula is C19H16ClN5O3S. The van der Waals surface area contributed by atoms with Crippen LogP contribution in [0.2, 0.25) is 5.02 Å². The van der Waals surface area contributed by atoms with Gasteiger partial charge in [0.05, 0.1) is 29.6 Å². The van der Waals surface area contributed by atoms with Crippen LogP contribution in [0.15, 0.2) is 53.6 Å². The summed E-state index contributed by atoms with van der Waals surface area (Å²) in [6, 6.07) is 13.2.